The maximum absolute atomic E-state index is 12.7. The normalized spacial score (nSPS) is 53.4. The summed E-state index contributed by atoms with van der Waals surface area (Å²) >= 11 is 0. The van der Waals surface area contributed by atoms with Gasteiger partial charge in [0.25, 0.3) is 0 Å². The van der Waals surface area contributed by atoms with Crippen molar-refractivity contribution in [1.29, 1.82) is 0 Å². The van der Waals surface area contributed by atoms with Crippen molar-refractivity contribution in [2.45, 2.75) is 158 Å². The van der Waals surface area contributed by atoms with E-state index in [-0.39, 0.29) is 42.0 Å². The summed E-state index contributed by atoms with van der Waals surface area (Å²) in [7, 11) is 0. The molecule has 20 atom stereocenters. The van der Waals surface area contributed by atoms with Crippen LogP contribution in [0.4, 0.5) is 0 Å². The van der Waals surface area contributed by atoms with E-state index in [0.29, 0.717) is 6.42 Å². The van der Waals surface area contributed by atoms with Gasteiger partial charge in [0, 0.05) is 11.8 Å². The molecule has 5 fully saturated rings. The first-order chi connectivity index (χ1) is 24.6. The van der Waals surface area contributed by atoms with Crippen molar-refractivity contribution >= 4 is 5.78 Å². The van der Waals surface area contributed by atoms with Gasteiger partial charge in [-0.3, -0.25) is 4.79 Å². The van der Waals surface area contributed by atoms with E-state index in [1.807, 2.05) is 0 Å². The molecule has 3 heterocycles. The van der Waals surface area contributed by atoms with Crippen molar-refractivity contribution in [3.8, 4) is 0 Å². The fraction of sp³-hybridized carbons (Fsp3) is 0.865. The molecular weight excluding hydrogens is 684 g/mol. The Morgan fingerprint density at radius 3 is 2.27 bits per heavy atom. The second-order valence-electron chi connectivity index (χ2n) is 16.6. The van der Waals surface area contributed by atoms with Crippen LogP contribution >= 0.6 is 0 Å². The maximum Gasteiger partial charge on any atom is 0.187 e. The molecular formula is C37H56O15. The molecule has 15 heteroatoms. The van der Waals surface area contributed by atoms with Gasteiger partial charge in [0.15, 0.2) is 24.7 Å². The average molecular weight is 741 g/mol. The van der Waals surface area contributed by atoms with Gasteiger partial charge in [-0.1, -0.05) is 31.6 Å². The highest BCUT2D eigenvalue weighted by molar-refractivity contribution is 5.95. The van der Waals surface area contributed by atoms with E-state index in [4.69, 9.17) is 28.4 Å². The monoisotopic (exact) mass is 740 g/mol. The quantitative estimate of drug-likeness (QED) is 0.142. The Labute approximate surface area is 303 Å². The Bertz CT molecular complexity index is 1390. The van der Waals surface area contributed by atoms with Crippen LogP contribution in [-0.4, -0.2) is 152 Å². The van der Waals surface area contributed by atoms with Gasteiger partial charge < -0.3 is 69.3 Å². The average Bonchev–Trinajstić information content (AvgIpc) is 3.63. The molecule has 0 aromatic rings. The molecule has 0 unspecified atom stereocenters. The van der Waals surface area contributed by atoms with Gasteiger partial charge >= 0.3 is 0 Å². The molecule has 3 saturated heterocycles. The van der Waals surface area contributed by atoms with Gasteiger partial charge in [0.05, 0.1) is 31.5 Å². The highest BCUT2D eigenvalue weighted by Gasteiger charge is 2.62. The summed E-state index contributed by atoms with van der Waals surface area (Å²) in [6.07, 6.45) is -11.2. The second-order valence-corrected chi connectivity index (χ2v) is 16.6. The van der Waals surface area contributed by atoms with Crippen LogP contribution in [0.2, 0.25) is 0 Å². The van der Waals surface area contributed by atoms with E-state index in [0.717, 1.165) is 36.8 Å². The number of hydrogen-bond donors (Lipinski definition) is 8. The molecule has 0 aromatic heterocycles. The molecule has 3 aliphatic heterocycles. The van der Waals surface area contributed by atoms with Crippen LogP contribution in [0.1, 0.15) is 66.2 Å². The molecule has 15 nitrogen and oxygen atoms in total. The van der Waals surface area contributed by atoms with E-state index in [9.17, 15) is 45.6 Å². The summed E-state index contributed by atoms with van der Waals surface area (Å²) in [6.45, 7) is 6.57. The number of carbonyl (C=O) groups excluding carboxylic acids is 1. The summed E-state index contributed by atoms with van der Waals surface area (Å²) in [5, 5.41) is 84.6. The molecule has 7 rings (SSSR count). The van der Waals surface area contributed by atoms with Crippen molar-refractivity contribution < 1.29 is 74.1 Å². The van der Waals surface area contributed by atoms with Crippen molar-refractivity contribution in [3.05, 3.63) is 23.3 Å². The fourth-order valence-corrected chi connectivity index (χ4v) is 10.7. The first kappa shape index (κ1) is 38.8. The zero-order valence-electron chi connectivity index (χ0n) is 30.1. The van der Waals surface area contributed by atoms with Crippen LogP contribution < -0.4 is 0 Å². The fourth-order valence-electron chi connectivity index (χ4n) is 10.7. The van der Waals surface area contributed by atoms with Gasteiger partial charge in [-0.15, -0.1) is 0 Å². The SMILES string of the molecule is CC(=O)C1=CC[C@H]2[C@@H]3CC=C4C[C@@H](O)C[C@@H](O[C@@H]5O[C@@H](CO)[C@H](O[C@@H]6OC[C@@H](O)[C@H](O)[C@H]6O)[C@H]5O[C@@H]5O[C@@H](C)[C@H](O)[C@@H](O)[C@H]5O)[C@]4(C)[C@H]3CC[C@]12C. The van der Waals surface area contributed by atoms with Crippen LogP contribution in [0.25, 0.3) is 0 Å². The Balaban J connectivity index is 1.19. The first-order valence-corrected chi connectivity index (χ1v) is 18.8. The Morgan fingerprint density at radius 2 is 1.56 bits per heavy atom. The van der Waals surface area contributed by atoms with Crippen molar-refractivity contribution in [2.24, 2.45) is 28.6 Å². The smallest absolute Gasteiger partial charge is 0.187 e. The molecule has 8 N–H and O–H groups in total. The zero-order valence-corrected chi connectivity index (χ0v) is 30.1. The van der Waals surface area contributed by atoms with Gasteiger partial charge in [-0.05, 0) is 74.7 Å². The number of rotatable bonds is 8. The first-order valence-electron chi connectivity index (χ1n) is 18.8. The maximum atomic E-state index is 12.7. The molecule has 294 valence electrons. The summed E-state index contributed by atoms with van der Waals surface area (Å²) in [6, 6.07) is 0. The second kappa shape index (κ2) is 14.6. The predicted molar refractivity (Wildman–Crippen MR) is 178 cm³/mol. The Kier molecular flexibility index (Phi) is 10.9. The number of carbonyl (C=O) groups is 1. The lowest BCUT2D eigenvalue weighted by Gasteiger charge is -2.59. The number of aliphatic hydroxyl groups is 8. The molecule has 0 bridgehead atoms. The largest absolute Gasteiger partial charge is 0.394 e. The number of ketones is 1. The number of hydrogen-bond acceptors (Lipinski definition) is 15. The van der Waals surface area contributed by atoms with E-state index < -0.39 is 104 Å². The standard InChI is InChI=1S/C37H56O15/c1-15(39)20-7-8-21-19-6-5-17-11-18(40)12-25(37(17,4)22(19)9-10-36(20,21)3)50-35-32(52-34-30(46)28(44)26(42)16(2)48-34)31(24(13-38)49-35)51-33-29(45)27(43)23(41)14-47-33/h5,7,16,18-19,21-35,38,40-46H,6,8-14H2,1-4H3/t16-,18+,19-,21-,22-,23+,24-,25+,26-,27-,28+,29+,30+,31-,32+,33-,34-,35-,36+,37-/m0/s1. The molecule has 4 aliphatic carbocycles. The molecule has 0 radical (unpaired) electrons. The number of allylic oxidation sites excluding steroid dienone is 3. The number of fused-ring (bicyclic) bond motifs is 5. The molecule has 0 amide bonds. The van der Waals surface area contributed by atoms with E-state index in [2.05, 4.69) is 26.0 Å². The summed E-state index contributed by atoms with van der Waals surface area (Å²) in [5.41, 5.74) is 1.24. The van der Waals surface area contributed by atoms with Gasteiger partial charge in [-0.25, -0.2) is 0 Å². The minimum Gasteiger partial charge on any atom is -0.394 e. The van der Waals surface area contributed by atoms with Crippen molar-refractivity contribution in [1.82, 2.24) is 0 Å². The van der Waals surface area contributed by atoms with Crippen molar-refractivity contribution in [2.75, 3.05) is 13.2 Å². The van der Waals surface area contributed by atoms with Crippen LogP contribution in [0.15, 0.2) is 23.3 Å². The van der Waals surface area contributed by atoms with Gasteiger partial charge in [0.1, 0.15) is 54.9 Å². The Hall–Kier alpha value is -1.41. The molecule has 7 aliphatic rings. The van der Waals surface area contributed by atoms with Crippen LogP contribution in [-0.2, 0) is 33.2 Å². The summed E-state index contributed by atoms with van der Waals surface area (Å²) in [4.78, 5) is 12.7. The third kappa shape index (κ3) is 6.36. The highest BCUT2D eigenvalue weighted by atomic mass is 16.8. The third-order valence-electron chi connectivity index (χ3n) is 13.7. The van der Waals surface area contributed by atoms with Crippen LogP contribution in [0, 0.1) is 28.6 Å². The molecule has 0 spiro atoms. The van der Waals surface area contributed by atoms with E-state index in [1.165, 1.54) is 6.92 Å². The summed E-state index contributed by atoms with van der Waals surface area (Å²) in [5.74, 6) is 0.798. The molecule has 2 saturated carbocycles. The minimum atomic E-state index is -1.70. The molecule has 0 aromatic carbocycles. The van der Waals surface area contributed by atoms with Crippen LogP contribution in [0.5, 0.6) is 0 Å². The Morgan fingerprint density at radius 1 is 0.846 bits per heavy atom. The number of aliphatic hydroxyl groups excluding tert-OH is 8. The lowest BCUT2D eigenvalue weighted by Crippen LogP contribution is -2.60. The minimum absolute atomic E-state index is 0.114. The third-order valence-corrected chi connectivity index (χ3v) is 13.7. The van der Waals surface area contributed by atoms with Gasteiger partial charge in [0.2, 0.25) is 0 Å². The summed E-state index contributed by atoms with van der Waals surface area (Å²) < 4.78 is 36.8. The number of Topliss-reactive ketones (excluding diaryl/α,β-unsaturated/α-hetero) is 1. The lowest BCUT2D eigenvalue weighted by molar-refractivity contribution is -0.337. The highest BCUT2D eigenvalue weighted by Crippen LogP contribution is 2.65. The van der Waals surface area contributed by atoms with Crippen LogP contribution in [0.3, 0.4) is 0 Å². The topological polar surface area (TPSA) is 234 Å². The molecule has 52 heavy (non-hydrogen) atoms. The van der Waals surface area contributed by atoms with Gasteiger partial charge in [-0.2, -0.15) is 0 Å². The van der Waals surface area contributed by atoms with E-state index in [1.54, 1.807) is 6.92 Å². The van der Waals surface area contributed by atoms with Crippen molar-refractivity contribution in [3.63, 3.8) is 0 Å². The number of ether oxygens (including phenoxy) is 6. The predicted octanol–water partition coefficient (Wildman–Crippen LogP) is -0.815. The zero-order chi connectivity index (χ0) is 37.4. The lowest BCUT2D eigenvalue weighted by atomic mass is 9.46. The van der Waals surface area contributed by atoms with E-state index >= 15 is 0 Å².